The number of methoxy groups -OCH3 is 1. The summed E-state index contributed by atoms with van der Waals surface area (Å²) in [6.07, 6.45) is 0.107. The van der Waals surface area contributed by atoms with Gasteiger partial charge in [-0.05, 0) is 38.8 Å². The predicted molar refractivity (Wildman–Crippen MR) is 86.1 cm³/mol. The van der Waals surface area contributed by atoms with Gasteiger partial charge >= 0.3 is 6.09 Å². The van der Waals surface area contributed by atoms with Gasteiger partial charge in [-0.15, -0.1) is 0 Å². The summed E-state index contributed by atoms with van der Waals surface area (Å²) in [5.41, 5.74) is -0.0408. The van der Waals surface area contributed by atoms with Crippen LogP contribution in [0.5, 0.6) is 5.75 Å². The second-order valence-electron chi connectivity index (χ2n) is 6.81. The monoisotopic (exact) mass is 309 g/mol. The van der Waals surface area contributed by atoms with Crippen molar-refractivity contribution in [1.29, 1.82) is 0 Å². The van der Waals surface area contributed by atoms with Crippen LogP contribution >= 0.6 is 0 Å². The van der Waals surface area contributed by atoms with Gasteiger partial charge < -0.3 is 19.9 Å². The zero-order chi connectivity index (χ0) is 16.8. The van der Waals surface area contributed by atoms with E-state index in [1.807, 2.05) is 52.0 Å². The topological polar surface area (TPSA) is 67.8 Å². The van der Waals surface area contributed by atoms with Crippen LogP contribution in [0.1, 0.15) is 33.3 Å². The Hall–Kier alpha value is -1.75. The molecule has 0 saturated carbocycles. The summed E-state index contributed by atoms with van der Waals surface area (Å²) in [4.78, 5) is 11.8. The molecular formula is C17H27NO4. The largest absolute Gasteiger partial charge is 0.496 e. The van der Waals surface area contributed by atoms with E-state index in [4.69, 9.17) is 9.47 Å². The standard InChI is InChI=1S/C17H27NO4/c1-16(2,3)22-15(20)18-11-17(4,12-19)10-13-8-6-7-9-14(13)21-5/h6-9,19H,10-12H2,1-5H3,(H,18,20). The Morgan fingerprint density at radius 3 is 2.41 bits per heavy atom. The first-order valence-electron chi connectivity index (χ1n) is 7.39. The maximum absolute atomic E-state index is 11.8. The molecule has 1 amide bonds. The number of hydrogen-bond acceptors (Lipinski definition) is 4. The van der Waals surface area contributed by atoms with Crippen molar-refractivity contribution in [2.45, 2.75) is 39.7 Å². The summed E-state index contributed by atoms with van der Waals surface area (Å²) < 4.78 is 10.5. The van der Waals surface area contributed by atoms with Crippen LogP contribution in [0.15, 0.2) is 24.3 Å². The average molecular weight is 309 g/mol. The molecular weight excluding hydrogens is 282 g/mol. The highest BCUT2D eigenvalue weighted by Crippen LogP contribution is 2.27. The van der Waals surface area contributed by atoms with Crippen molar-refractivity contribution in [3.05, 3.63) is 29.8 Å². The number of para-hydroxylation sites is 1. The highest BCUT2D eigenvalue weighted by molar-refractivity contribution is 5.67. The minimum Gasteiger partial charge on any atom is -0.496 e. The van der Waals surface area contributed by atoms with Gasteiger partial charge in [-0.25, -0.2) is 4.79 Å². The molecule has 1 aromatic carbocycles. The van der Waals surface area contributed by atoms with Crippen LogP contribution < -0.4 is 10.1 Å². The molecule has 0 spiro atoms. The number of hydrogen-bond donors (Lipinski definition) is 2. The molecule has 1 atom stereocenters. The third-order valence-electron chi connectivity index (χ3n) is 3.25. The number of aliphatic hydroxyl groups is 1. The molecule has 1 unspecified atom stereocenters. The number of amides is 1. The fraction of sp³-hybridized carbons (Fsp3) is 0.588. The van der Waals surface area contributed by atoms with E-state index in [9.17, 15) is 9.90 Å². The molecule has 0 aromatic heterocycles. The molecule has 124 valence electrons. The van der Waals surface area contributed by atoms with Gasteiger partial charge in [-0.1, -0.05) is 25.1 Å². The fourth-order valence-electron chi connectivity index (χ4n) is 2.08. The molecule has 0 heterocycles. The maximum atomic E-state index is 11.8. The van der Waals surface area contributed by atoms with Crippen molar-refractivity contribution in [1.82, 2.24) is 5.32 Å². The van der Waals surface area contributed by atoms with Crippen molar-refractivity contribution in [3.8, 4) is 5.75 Å². The Balaban J connectivity index is 2.70. The van der Waals surface area contributed by atoms with E-state index in [1.54, 1.807) is 7.11 Å². The van der Waals surface area contributed by atoms with E-state index >= 15 is 0 Å². The average Bonchev–Trinajstić information content (AvgIpc) is 2.44. The van der Waals surface area contributed by atoms with E-state index in [1.165, 1.54) is 0 Å². The van der Waals surface area contributed by atoms with Crippen LogP contribution in [0.3, 0.4) is 0 Å². The van der Waals surface area contributed by atoms with Crippen molar-refractivity contribution in [3.63, 3.8) is 0 Å². The molecule has 1 aromatic rings. The number of alkyl carbamates (subject to hydrolysis) is 1. The predicted octanol–water partition coefficient (Wildman–Crippen LogP) is 2.76. The Morgan fingerprint density at radius 1 is 1.23 bits per heavy atom. The highest BCUT2D eigenvalue weighted by atomic mass is 16.6. The molecule has 0 fully saturated rings. The van der Waals surface area contributed by atoms with E-state index in [-0.39, 0.29) is 6.61 Å². The molecule has 5 heteroatoms. The van der Waals surface area contributed by atoms with Gasteiger partial charge in [0.2, 0.25) is 0 Å². The molecule has 0 aliphatic carbocycles. The maximum Gasteiger partial charge on any atom is 0.407 e. The summed E-state index contributed by atoms with van der Waals surface area (Å²) in [7, 11) is 1.62. The number of carbonyl (C=O) groups is 1. The second-order valence-corrected chi connectivity index (χ2v) is 6.81. The van der Waals surface area contributed by atoms with E-state index in [0.29, 0.717) is 13.0 Å². The fourth-order valence-corrected chi connectivity index (χ4v) is 2.08. The van der Waals surface area contributed by atoms with Gasteiger partial charge in [-0.3, -0.25) is 0 Å². The van der Waals surface area contributed by atoms with Gasteiger partial charge in [0.25, 0.3) is 0 Å². The van der Waals surface area contributed by atoms with Gasteiger partial charge in [0.1, 0.15) is 11.4 Å². The Labute approximate surface area is 132 Å². The third-order valence-corrected chi connectivity index (χ3v) is 3.25. The smallest absolute Gasteiger partial charge is 0.407 e. The quantitative estimate of drug-likeness (QED) is 0.848. The zero-order valence-corrected chi connectivity index (χ0v) is 14.1. The van der Waals surface area contributed by atoms with Gasteiger partial charge in [0.15, 0.2) is 0 Å². The summed E-state index contributed by atoms with van der Waals surface area (Å²) in [5.74, 6) is 0.777. The third kappa shape index (κ3) is 5.93. The lowest BCUT2D eigenvalue weighted by Crippen LogP contribution is -2.41. The van der Waals surface area contributed by atoms with Gasteiger partial charge in [-0.2, -0.15) is 0 Å². The number of rotatable bonds is 6. The van der Waals surface area contributed by atoms with Crippen molar-refractivity contribution < 1.29 is 19.4 Å². The molecule has 5 nitrogen and oxygen atoms in total. The Morgan fingerprint density at radius 2 is 1.86 bits per heavy atom. The number of benzene rings is 1. The molecule has 0 radical (unpaired) electrons. The lowest BCUT2D eigenvalue weighted by atomic mass is 9.84. The molecule has 0 bridgehead atoms. The molecule has 1 rings (SSSR count). The Kier molecular flexibility index (Phi) is 6.23. The zero-order valence-electron chi connectivity index (χ0n) is 14.1. The summed E-state index contributed by atoms with van der Waals surface area (Å²) in [6, 6.07) is 7.67. The van der Waals surface area contributed by atoms with Crippen LogP contribution in [0, 0.1) is 5.41 Å². The lowest BCUT2D eigenvalue weighted by Gasteiger charge is -2.29. The Bertz CT molecular complexity index is 496. The number of nitrogens with one attached hydrogen (secondary N) is 1. The normalized spacial score (nSPS) is 14.1. The van der Waals surface area contributed by atoms with Crippen molar-refractivity contribution in [2.75, 3.05) is 20.3 Å². The first-order chi connectivity index (χ1) is 10.2. The molecule has 0 aliphatic heterocycles. The SMILES string of the molecule is COc1ccccc1CC(C)(CO)CNC(=O)OC(C)(C)C. The number of ether oxygens (including phenoxy) is 2. The summed E-state index contributed by atoms with van der Waals surface area (Å²) in [5, 5.41) is 12.4. The van der Waals surface area contributed by atoms with Crippen molar-refractivity contribution >= 4 is 6.09 Å². The van der Waals surface area contributed by atoms with E-state index in [0.717, 1.165) is 11.3 Å². The first-order valence-corrected chi connectivity index (χ1v) is 7.39. The molecule has 2 N–H and O–H groups in total. The van der Waals surface area contributed by atoms with Crippen LogP contribution in [0.4, 0.5) is 4.79 Å². The van der Waals surface area contributed by atoms with E-state index < -0.39 is 17.1 Å². The number of carbonyl (C=O) groups excluding carboxylic acids is 1. The molecule has 0 aliphatic rings. The van der Waals surface area contributed by atoms with E-state index in [2.05, 4.69) is 5.32 Å². The van der Waals surface area contributed by atoms with Crippen LogP contribution in [-0.2, 0) is 11.2 Å². The van der Waals surface area contributed by atoms with Crippen molar-refractivity contribution in [2.24, 2.45) is 5.41 Å². The highest BCUT2D eigenvalue weighted by Gasteiger charge is 2.27. The lowest BCUT2D eigenvalue weighted by molar-refractivity contribution is 0.0478. The second kappa shape index (κ2) is 7.49. The van der Waals surface area contributed by atoms with Crippen LogP contribution in [0.25, 0.3) is 0 Å². The van der Waals surface area contributed by atoms with Crippen LogP contribution in [0.2, 0.25) is 0 Å². The summed E-state index contributed by atoms with van der Waals surface area (Å²) >= 11 is 0. The van der Waals surface area contributed by atoms with Gasteiger partial charge in [0.05, 0.1) is 13.7 Å². The minimum atomic E-state index is -0.539. The van der Waals surface area contributed by atoms with Gasteiger partial charge in [0, 0.05) is 12.0 Å². The number of aliphatic hydroxyl groups excluding tert-OH is 1. The summed E-state index contributed by atoms with van der Waals surface area (Å²) in [6.45, 7) is 7.61. The molecule has 22 heavy (non-hydrogen) atoms. The van der Waals surface area contributed by atoms with Crippen LogP contribution in [-0.4, -0.2) is 37.1 Å². The minimum absolute atomic E-state index is 0.0547. The first kappa shape index (κ1) is 18.3. The molecule has 0 saturated heterocycles.